The van der Waals surface area contributed by atoms with Crippen LogP contribution in [-0.2, 0) is 5.41 Å². The second kappa shape index (κ2) is 15.3. The lowest BCUT2D eigenvalue weighted by atomic mass is 9.64. The van der Waals surface area contributed by atoms with Crippen molar-refractivity contribution >= 4 is 16.7 Å². The van der Waals surface area contributed by atoms with Gasteiger partial charge in [0.2, 0.25) is 0 Å². The molecule has 2 aromatic rings. The van der Waals surface area contributed by atoms with E-state index in [1.165, 1.54) is 75.2 Å². The largest absolute Gasteiger partial charge is 0.338 e. The molecular formula is C64H61N. The average Bonchev–Trinajstić information content (AvgIpc) is 3.93. The summed E-state index contributed by atoms with van der Waals surface area (Å²) in [5, 5.41) is 0. The molecule has 11 aliphatic rings. The van der Waals surface area contributed by atoms with E-state index in [0.29, 0.717) is 5.92 Å². The van der Waals surface area contributed by atoms with Crippen LogP contribution in [0.15, 0.2) is 219 Å². The van der Waals surface area contributed by atoms with E-state index in [4.69, 9.17) is 0 Å². The Morgan fingerprint density at radius 3 is 1.92 bits per heavy atom. The van der Waals surface area contributed by atoms with Crippen molar-refractivity contribution in [3.05, 3.63) is 241 Å². The van der Waals surface area contributed by atoms with Crippen molar-refractivity contribution in [3.8, 4) is 0 Å². The Hall–Kier alpha value is -5.92. The molecule has 1 spiro atoms. The van der Waals surface area contributed by atoms with Crippen LogP contribution in [0.5, 0.6) is 0 Å². The van der Waals surface area contributed by atoms with Crippen molar-refractivity contribution in [1.82, 2.24) is 4.90 Å². The van der Waals surface area contributed by atoms with Crippen LogP contribution in [-0.4, -0.2) is 10.9 Å². The van der Waals surface area contributed by atoms with Crippen LogP contribution in [0.4, 0.5) is 0 Å². The van der Waals surface area contributed by atoms with Crippen LogP contribution in [0, 0.1) is 11.3 Å². The van der Waals surface area contributed by atoms with Gasteiger partial charge in [-0.15, -0.1) is 0 Å². The fourth-order valence-electron chi connectivity index (χ4n) is 14.1. The lowest BCUT2D eigenvalue weighted by Gasteiger charge is -2.39. The molecule has 0 aromatic heterocycles. The molecule has 11 aliphatic carbocycles. The zero-order valence-corrected chi connectivity index (χ0v) is 38.4. The van der Waals surface area contributed by atoms with Crippen LogP contribution in [0.2, 0.25) is 0 Å². The molecule has 0 saturated heterocycles. The fourth-order valence-corrected chi connectivity index (χ4v) is 14.1. The van der Waals surface area contributed by atoms with E-state index < -0.39 is 0 Å². The van der Waals surface area contributed by atoms with Crippen molar-refractivity contribution in [3.63, 3.8) is 0 Å². The van der Waals surface area contributed by atoms with Gasteiger partial charge in [0, 0.05) is 22.7 Å². The van der Waals surface area contributed by atoms with Gasteiger partial charge in [0.25, 0.3) is 0 Å². The third-order valence-electron chi connectivity index (χ3n) is 17.1. The maximum absolute atomic E-state index is 2.72. The second-order valence-electron chi connectivity index (χ2n) is 20.8. The molecule has 1 nitrogen and oxygen atoms in total. The van der Waals surface area contributed by atoms with Crippen molar-refractivity contribution < 1.29 is 0 Å². The molecule has 0 heterocycles. The molecule has 322 valence electrons. The summed E-state index contributed by atoms with van der Waals surface area (Å²) in [6.45, 7) is 4.86. The maximum atomic E-state index is 2.72. The van der Waals surface area contributed by atoms with Gasteiger partial charge in [-0.2, -0.15) is 0 Å². The average molecular weight is 844 g/mol. The molecule has 2 atom stereocenters. The molecule has 2 unspecified atom stereocenters. The van der Waals surface area contributed by atoms with Crippen molar-refractivity contribution in [2.45, 2.75) is 115 Å². The highest BCUT2D eigenvalue weighted by atomic mass is 15.2. The second-order valence-corrected chi connectivity index (χ2v) is 20.8. The summed E-state index contributed by atoms with van der Waals surface area (Å²) in [6.07, 6.45) is 58.1. The van der Waals surface area contributed by atoms with E-state index in [1.54, 1.807) is 50.2 Å². The summed E-state index contributed by atoms with van der Waals surface area (Å²) >= 11 is 0. The molecule has 0 N–H and O–H groups in total. The standard InChI is InChI=1S/C64H61N/c1-63(2)57-23-10-6-19-51(57)55-38-36-50(41-61(55)63)65(48-32-27-43(28-33-48)42-15-4-3-5-16-42)49-34-29-44(30-35-49)45-17-14-18-46(39-45)47-31-37-56-54-22-9-13-26-60(54)64(62(56)40-47)58-24-11-7-20-52(58)53-21-8-12-25-59(53)64/h4,6,10-19,23-27,29-30,32-34,39-41,43,49H,3,5,7-9,20-22,28,31,35-38H2,1-2H3. The van der Waals surface area contributed by atoms with E-state index in [0.717, 1.165) is 70.6 Å². The Bertz CT molecular complexity index is 2940. The highest BCUT2D eigenvalue weighted by Crippen LogP contribution is 2.68. The fraction of sp³-hybridized carbons (Fsp3) is 0.312. The van der Waals surface area contributed by atoms with E-state index >= 15 is 0 Å². The molecular weight excluding hydrogens is 783 g/mol. The quantitative estimate of drug-likeness (QED) is 0.280. The molecule has 13 rings (SSSR count). The van der Waals surface area contributed by atoms with E-state index in [2.05, 4.69) is 171 Å². The number of hydrogen-bond acceptors (Lipinski definition) is 1. The first kappa shape index (κ1) is 39.4. The van der Waals surface area contributed by atoms with Crippen LogP contribution >= 0.6 is 0 Å². The van der Waals surface area contributed by atoms with Crippen LogP contribution in [0.25, 0.3) is 16.7 Å². The summed E-state index contributed by atoms with van der Waals surface area (Å²) in [7, 11) is 0. The van der Waals surface area contributed by atoms with Gasteiger partial charge in [0.1, 0.15) is 0 Å². The normalized spacial score (nSPS) is 26.4. The van der Waals surface area contributed by atoms with Gasteiger partial charge in [-0.1, -0.05) is 147 Å². The zero-order chi connectivity index (χ0) is 43.3. The highest BCUT2D eigenvalue weighted by molar-refractivity contribution is 5.86. The predicted molar refractivity (Wildman–Crippen MR) is 272 cm³/mol. The molecule has 0 bridgehead atoms. The molecule has 0 amide bonds. The van der Waals surface area contributed by atoms with Gasteiger partial charge >= 0.3 is 0 Å². The van der Waals surface area contributed by atoms with Gasteiger partial charge in [-0.05, 0) is 203 Å². The third-order valence-corrected chi connectivity index (χ3v) is 17.1. The lowest BCUT2D eigenvalue weighted by Crippen LogP contribution is -2.34. The summed E-state index contributed by atoms with van der Waals surface area (Å²) in [5.74, 6) is 0.464. The topological polar surface area (TPSA) is 3.24 Å². The summed E-state index contributed by atoms with van der Waals surface area (Å²) in [5.41, 5.74) is 28.7. The van der Waals surface area contributed by atoms with Crippen molar-refractivity contribution in [2.24, 2.45) is 11.3 Å². The van der Waals surface area contributed by atoms with Gasteiger partial charge in [0.05, 0.1) is 11.5 Å². The summed E-state index contributed by atoms with van der Waals surface area (Å²) in [4.78, 5) is 2.72. The Kier molecular flexibility index (Phi) is 9.31. The van der Waals surface area contributed by atoms with Gasteiger partial charge in [-0.3, -0.25) is 0 Å². The number of hydrogen-bond donors (Lipinski definition) is 0. The first-order chi connectivity index (χ1) is 32.0. The summed E-state index contributed by atoms with van der Waals surface area (Å²) in [6, 6.07) is 19.0. The lowest BCUT2D eigenvalue weighted by molar-refractivity contribution is 0.354. The van der Waals surface area contributed by atoms with E-state index in [1.807, 2.05) is 0 Å². The molecule has 0 saturated carbocycles. The van der Waals surface area contributed by atoms with Crippen molar-refractivity contribution in [2.75, 3.05) is 0 Å². The number of nitrogens with zero attached hydrogens (tertiary/aromatic N) is 1. The van der Waals surface area contributed by atoms with Gasteiger partial charge in [0.15, 0.2) is 0 Å². The van der Waals surface area contributed by atoms with Crippen LogP contribution in [0.1, 0.15) is 126 Å². The minimum Gasteiger partial charge on any atom is -0.338 e. The molecule has 0 fully saturated rings. The van der Waals surface area contributed by atoms with Gasteiger partial charge in [-0.25, -0.2) is 0 Å². The Morgan fingerprint density at radius 2 is 1.23 bits per heavy atom. The Morgan fingerprint density at radius 1 is 0.523 bits per heavy atom. The Labute approximate surface area is 387 Å². The minimum atomic E-state index is -0.143. The SMILES string of the molecule is CC1(C)C2=C(CCC(N(C3=CCC(C4=CCCC=C4)C=C3)C3C=CC(c4cccc(C5=CC6=C(CC5)C5=C(C=CCC5)C65C6=C(CCC=C6)C6=C5C=CCC6)c4)=CC3)=C2)c2ccccc21. The van der Waals surface area contributed by atoms with Crippen LogP contribution < -0.4 is 0 Å². The number of allylic oxidation sites excluding steroid dienone is 29. The van der Waals surface area contributed by atoms with Crippen molar-refractivity contribution in [1.29, 1.82) is 0 Å². The van der Waals surface area contributed by atoms with E-state index in [-0.39, 0.29) is 16.9 Å². The molecule has 0 aliphatic heterocycles. The molecule has 0 radical (unpaired) electrons. The first-order valence-corrected chi connectivity index (χ1v) is 25.2. The molecule has 2 aromatic carbocycles. The maximum Gasteiger partial charge on any atom is 0.0712 e. The molecule has 65 heavy (non-hydrogen) atoms. The highest BCUT2D eigenvalue weighted by Gasteiger charge is 2.55. The number of benzene rings is 2. The Balaban J connectivity index is 0.822. The summed E-state index contributed by atoms with van der Waals surface area (Å²) < 4.78 is 0. The molecule has 1 heteroatoms. The monoisotopic (exact) mass is 843 g/mol. The third kappa shape index (κ3) is 6.03. The number of rotatable bonds is 6. The minimum absolute atomic E-state index is 0.0000175. The smallest absolute Gasteiger partial charge is 0.0712 e. The predicted octanol–water partition coefficient (Wildman–Crippen LogP) is 16.3. The number of fused-ring (bicyclic) bond motifs is 8. The zero-order valence-electron chi connectivity index (χ0n) is 38.4. The van der Waals surface area contributed by atoms with Gasteiger partial charge < -0.3 is 4.90 Å². The van der Waals surface area contributed by atoms with Crippen LogP contribution in [0.3, 0.4) is 0 Å². The first-order valence-electron chi connectivity index (χ1n) is 25.2. The van der Waals surface area contributed by atoms with E-state index in [9.17, 15) is 0 Å².